The zero-order valence-corrected chi connectivity index (χ0v) is 13.6. The fraction of sp³-hybridized carbons (Fsp3) is 0.333. The molecule has 130 valence electrons. The highest BCUT2D eigenvalue weighted by atomic mass is 19.2. The summed E-state index contributed by atoms with van der Waals surface area (Å²) in [5.41, 5.74) is 0.936. The van der Waals surface area contributed by atoms with Crippen LogP contribution in [-0.2, 0) is 0 Å². The highest BCUT2D eigenvalue weighted by molar-refractivity contribution is 5.45. The first-order valence-corrected chi connectivity index (χ1v) is 8.03. The van der Waals surface area contributed by atoms with Crippen molar-refractivity contribution in [3.05, 3.63) is 59.3 Å². The maximum absolute atomic E-state index is 13.3. The topological polar surface area (TPSA) is 63.4 Å². The number of aliphatic hydroxyl groups is 1. The Hall–Kier alpha value is -2.56. The van der Waals surface area contributed by atoms with Crippen molar-refractivity contribution in [3.63, 3.8) is 0 Å². The van der Waals surface area contributed by atoms with E-state index in [0.29, 0.717) is 43.9 Å². The largest absolute Gasteiger partial charge is 0.387 e. The van der Waals surface area contributed by atoms with E-state index in [0.717, 1.165) is 18.0 Å². The van der Waals surface area contributed by atoms with Gasteiger partial charge < -0.3 is 10.0 Å². The van der Waals surface area contributed by atoms with Gasteiger partial charge in [0, 0.05) is 38.9 Å². The van der Waals surface area contributed by atoms with Crippen LogP contribution in [0.4, 0.5) is 14.6 Å². The van der Waals surface area contributed by atoms with Gasteiger partial charge in [0.1, 0.15) is 5.82 Å². The third-order valence-electron chi connectivity index (χ3n) is 4.33. The number of halogens is 2. The maximum Gasteiger partial charge on any atom is 0.159 e. The molecule has 3 rings (SSSR count). The SMILES string of the molecule is N#Cc1ccnc(N2CCN(C[C@H](O)c3ccc(F)c(F)c3)CC2)c1. The molecular weight excluding hydrogens is 326 g/mol. The Morgan fingerprint density at radius 3 is 2.56 bits per heavy atom. The lowest BCUT2D eigenvalue weighted by Crippen LogP contribution is -2.47. The van der Waals surface area contributed by atoms with Gasteiger partial charge in [-0.15, -0.1) is 0 Å². The Morgan fingerprint density at radius 1 is 1.12 bits per heavy atom. The van der Waals surface area contributed by atoms with Gasteiger partial charge >= 0.3 is 0 Å². The summed E-state index contributed by atoms with van der Waals surface area (Å²) in [5.74, 6) is -1.11. The molecule has 7 heteroatoms. The standard InChI is InChI=1S/C18H18F2N4O/c19-15-2-1-14(10-16(15)20)17(25)12-23-5-7-24(8-6-23)18-9-13(11-21)3-4-22-18/h1-4,9-10,17,25H,5-8,12H2/t17-/m0/s1. The van der Waals surface area contributed by atoms with E-state index in [1.54, 1.807) is 18.3 Å². The predicted octanol–water partition coefficient (Wildman–Crippen LogP) is 2.09. The molecule has 1 aromatic carbocycles. The van der Waals surface area contributed by atoms with Gasteiger partial charge in [0.2, 0.25) is 0 Å². The Bertz CT molecular complexity index is 785. The number of benzene rings is 1. The van der Waals surface area contributed by atoms with Crippen molar-refractivity contribution >= 4 is 5.82 Å². The van der Waals surface area contributed by atoms with Crippen molar-refractivity contribution in [1.29, 1.82) is 5.26 Å². The molecule has 1 N–H and O–H groups in total. The molecule has 1 atom stereocenters. The second-order valence-electron chi connectivity index (χ2n) is 5.99. The molecule has 1 saturated heterocycles. The van der Waals surface area contributed by atoms with Gasteiger partial charge in [-0.1, -0.05) is 6.07 Å². The van der Waals surface area contributed by atoms with Crippen LogP contribution in [0.3, 0.4) is 0 Å². The minimum atomic E-state index is -0.954. The molecule has 0 bridgehead atoms. The van der Waals surface area contributed by atoms with Gasteiger partial charge in [0.15, 0.2) is 11.6 Å². The Morgan fingerprint density at radius 2 is 1.88 bits per heavy atom. The van der Waals surface area contributed by atoms with Crippen LogP contribution >= 0.6 is 0 Å². The third-order valence-corrected chi connectivity index (χ3v) is 4.33. The Labute approximate surface area is 144 Å². The first-order chi connectivity index (χ1) is 12.1. The average Bonchev–Trinajstić information content (AvgIpc) is 2.64. The van der Waals surface area contributed by atoms with E-state index < -0.39 is 17.7 Å². The number of nitriles is 1. The van der Waals surface area contributed by atoms with E-state index >= 15 is 0 Å². The number of β-amino-alcohol motifs (C(OH)–C–C–N with tert-alkyl or cyclic N) is 1. The van der Waals surface area contributed by atoms with E-state index in [1.807, 2.05) is 0 Å². The van der Waals surface area contributed by atoms with Crippen LogP contribution in [0.15, 0.2) is 36.5 Å². The lowest BCUT2D eigenvalue weighted by molar-refractivity contribution is 0.109. The lowest BCUT2D eigenvalue weighted by atomic mass is 10.1. The minimum Gasteiger partial charge on any atom is -0.387 e. The zero-order valence-electron chi connectivity index (χ0n) is 13.6. The van der Waals surface area contributed by atoms with Gasteiger partial charge in [-0.3, -0.25) is 4.90 Å². The van der Waals surface area contributed by atoms with Gasteiger partial charge in [0.05, 0.1) is 17.7 Å². The number of rotatable bonds is 4. The van der Waals surface area contributed by atoms with Crippen LogP contribution in [0.5, 0.6) is 0 Å². The van der Waals surface area contributed by atoms with Crippen molar-refractivity contribution in [3.8, 4) is 6.07 Å². The van der Waals surface area contributed by atoms with Crippen LogP contribution in [0.1, 0.15) is 17.2 Å². The first kappa shape index (κ1) is 17.3. The normalized spacial score (nSPS) is 16.5. The third kappa shape index (κ3) is 4.10. The second-order valence-corrected chi connectivity index (χ2v) is 5.99. The molecule has 2 heterocycles. The lowest BCUT2D eigenvalue weighted by Gasteiger charge is -2.36. The minimum absolute atomic E-state index is 0.352. The van der Waals surface area contributed by atoms with Gasteiger partial charge in [-0.05, 0) is 29.8 Å². The molecule has 0 aliphatic carbocycles. The summed E-state index contributed by atoms with van der Waals surface area (Å²) < 4.78 is 26.3. The number of aliphatic hydroxyl groups excluding tert-OH is 1. The molecule has 25 heavy (non-hydrogen) atoms. The van der Waals surface area contributed by atoms with E-state index in [-0.39, 0.29) is 0 Å². The zero-order chi connectivity index (χ0) is 17.8. The monoisotopic (exact) mass is 344 g/mol. The summed E-state index contributed by atoms with van der Waals surface area (Å²) in [5, 5.41) is 19.2. The summed E-state index contributed by atoms with van der Waals surface area (Å²) in [6.07, 6.45) is 0.745. The van der Waals surface area contributed by atoms with Crippen LogP contribution in [0, 0.1) is 23.0 Å². The molecule has 0 amide bonds. The smallest absolute Gasteiger partial charge is 0.159 e. The van der Waals surface area contributed by atoms with E-state index in [2.05, 4.69) is 20.9 Å². The molecule has 5 nitrogen and oxygen atoms in total. The summed E-state index contributed by atoms with van der Waals surface area (Å²) in [6.45, 7) is 3.20. The second kappa shape index (κ2) is 7.55. The quantitative estimate of drug-likeness (QED) is 0.920. The van der Waals surface area contributed by atoms with Crippen LogP contribution in [0.2, 0.25) is 0 Å². The molecule has 0 spiro atoms. The summed E-state index contributed by atoms with van der Waals surface area (Å²) in [7, 11) is 0. The number of hydrogen-bond acceptors (Lipinski definition) is 5. The van der Waals surface area contributed by atoms with E-state index in [4.69, 9.17) is 5.26 Å². The molecular formula is C18H18F2N4O. The van der Waals surface area contributed by atoms with Crippen molar-refractivity contribution < 1.29 is 13.9 Å². The highest BCUT2D eigenvalue weighted by Crippen LogP contribution is 2.19. The number of aromatic nitrogens is 1. The molecule has 1 aliphatic rings. The van der Waals surface area contributed by atoms with Crippen molar-refractivity contribution in [1.82, 2.24) is 9.88 Å². The molecule has 1 fully saturated rings. The van der Waals surface area contributed by atoms with Gasteiger partial charge in [-0.2, -0.15) is 5.26 Å². The summed E-state index contributed by atoms with van der Waals surface area (Å²) in [4.78, 5) is 8.44. The summed E-state index contributed by atoms with van der Waals surface area (Å²) in [6, 6.07) is 8.98. The number of piperazine rings is 1. The summed E-state index contributed by atoms with van der Waals surface area (Å²) >= 11 is 0. The molecule has 1 aromatic heterocycles. The van der Waals surface area contributed by atoms with Gasteiger partial charge in [0.25, 0.3) is 0 Å². The van der Waals surface area contributed by atoms with E-state index in [1.165, 1.54) is 6.07 Å². The van der Waals surface area contributed by atoms with E-state index in [9.17, 15) is 13.9 Å². The number of pyridine rings is 1. The molecule has 0 radical (unpaired) electrons. The predicted molar refractivity (Wildman–Crippen MR) is 88.9 cm³/mol. The Balaban J connectivity index is 1.57. The molecule has 0 unspecified atom stereocenters. The fourth-order valence-electron chi connectivity index (χ4n) is 2.89. The number of hydrogen-bond donors (Lipinski definition) is 1. The Kier molecular flexibility index (Phi) is 5.22. The van der Waals surface area contributed by atoms with Crippen LogP contribution in [-0.4, -0.2) is 47.7 Å². The fourth-order valence-corrected chi connectivity index (χ4v) is 2.89. The maximum atomic E-state index is 13.3. The van der Waals surface area contributed by atoms with Crippen LogP contribution < -0.4 is 4.90 Å². The molecule has 2 aromatic rings. The number of anilines is 1. The van der Waals surface area contributed by atoms with Crippen molar-refractivity contribution in [2.75, 3.05) is 37.6 Å². The number of nitrogens with zero attached hydrogens (tertiary/aromatic N) is 4. The van der Waals surface area contributed by atoms with Crippen molar-refractivity contribution in [2.24, 2.45) is 0 Å². The highest BCUT2D eigenvalue weighted by Gasteiger charge is 2.21. The first-order valence-electron chi connectivity index (χ1n) is 8.03. The van der Waals surface area contributed by atoms with Crippen molar-refractivity contribution in [2.45, 2.75) is 6.10 Å². The average molecular weight is 344 g/mol. The van der Waals surface area contributed by atoms with Crippen LogP contribution in [0.25, 0.3) is 0 Å². The van der Waals surface area contributed by atoms with Gasteiger partial charge in [-0.25, -0.2) is 13.8 Å². The molecule has 1 aliphatic heterocycles. The molecule has 0 saturated carbocycles.